The average Bonchev–Trinajstić information content (AvgIpc) is 2.20. The van der Waals surface area contributed by atoms with Crippen molar-refractivity contribution in [2.45, 2.75) is 38.0 Å². The molecule has 0 atom stereocenters. The van der Waals surface area contributed by atoms with E-state index in [0.29, 0.717) is 0 Å². The van der Waals surface area contributed by atoms with Gasteiger partial charge in [0.1, 0.15) is 0 Å². The van der Waals surface area contributed by atoms with Gasteiger partial charge < -0.3 is 0 Å². The molecule has 0 aromatic heterocycles. The summed E-state index contributed by atoms with van der Waals surface area (Å²) < 4.78 is 1.57. The first-order valence-electron chi connectivity index (χ1n) is 5.18. The van der Waals surface area contributed by atoms with Gasteiger partial charge in [-0.3, -0.25) is 0 Å². The molecule has 1 aromatic carbocycles. The molecule has 0 amide bonds. The minimum absolute atomic E-state index is 0.879. The van der Waals surface area contributed by atoms with Crippen LogP contribution in [-0.4, -0.2) is 22.5 Å². The molecule has 0 nitrogen and oxygen atoms in total. The summed E-state index contributed by atoms with van der Waals surface area (Å²) >= 11 is 1.57. The SMILES string of the molecule is [Sn][c]1ccccc1C1CCCCC1. The van der Waals surface area contributed by atoms with Crippen molar-refractivity contribution in [1.82, 2.24) is 0 Å². The second-order valence-corrected chi connectivity index (χ2v) is 5.46. The fraction of sp³-hybridized carbons (Fsp3) is 0.500. The maximum atomic E-state index is 2.33. The molecular weight excluding hydrogens is 263 g/mol. The zero-order valence-electron chi connectivity index (χ0n) is 7.92. The van der Waals surface area contributed by atoms with Gasteiger partial charge in [0, 0.05) is 0 Å². The Morgan fingerprint density at radius 3 is 2.38 bits per heavy atom. The van der Waals surface area contributed by atoms with Gasteiger partial charge in [-0.1, -0.05) is 0 Å². The third kappa shape index (κ3) is 2.28. The third-order valence-corrected chi connectivity index (χ3v) is 4.31. The van der Waals surface area contributed by atoms with Crippen LogP contribution in [0.5, 0.6) is 0 Å². The van der Waals surface area contributed by atoms with Crippen molar-refractivity contribution in [3.8, 4) is 0 Å². The fourth-order valence-corrected chi connectivity index (χ4v) is 3.36. The van der Waals surface area contributed by atoms with Gasteiger partial charge in [0.15, 0.2) is 0 Å². The van der Waals surface area contributed by atoms with E-state index in [2.05, 4.69) is 24.3 Å². The summed E-state index contributed by atoms with van der Waals surface area (Å²) in [7, 11) is 0. The zero-order valence-corrected chi connectivity index (χ0v) is 10.8. The van der Waals surface area contributed by atoms with Crippen LogP contribution in [0.25, 0.3) is 0 Å². The van der Waals surface area contributed by atoms with Gasteiger partial charge in [-0.05, 0) is 0 Å². The van der Waals surface area contributed by atoms with Crippen LogP contribution in [0.2, 0.25) is 0 Å². The topological polar surface area (TPSA) is 0 Å². The molecule has 0 N–H and O–H groups in total. The number of rotatable bonds is 1. The van der Waals surface area contributed by atoms with Crippen molar-refractivity contribution in [2.24, 2.45) is 0 Å². The summed E-state index contributed by atoms with van der Waals surface area (Å²) in [4.78, 5) is 0. The van der Waals surface area contributed by atoms with E-state index < -0.39 is 0 Å². The molecule has 1 saturated carbocycles. The van der Waals surface area contributed by atoms with Crippen LogP contribution < -0.4 is 3.58 Å². The van der Waals surface area contributed by atoms with Gasteiger partial charge in [-0.25, -0.2) is 0 Å². The van der Waals surface area contributed by atoms with Crippen molar-refractivity contribution >= 4 is 26.1 Å². The van der Waals surface area contributed by atoms with E-state index in [1.807, 2.05) is 0 Å². The zero-order chi connectivity index (χ0) is 9.10. The molecular formula is C12H15Sn. The minimum atomic E-state index is 0.879. The predicted octanol–water partition coefficient (Wildman–Crippen LogP) is 2.53. The molecule has 1 aromatic rings. The average molecular weight is 278 g/mol. The Morgan fingerprint density at radius 2 is 1.69 bits per heavy atom. The Kier molecular flexibility index (Phi) is 3.31. The molecule has 0 unspecified atom stereocenters. The van der Waals surface area contributed by atoms with Crippen molar-refractivity contribution in [3.63, 3.8) is 0 Å². The van der Waals surface area contributed by atoms with Crippen LogP contribution >= 0.6 is 0 Å². The van der Waals surface area contributed by atoms with Crippen LogP contribution in [0.1, 0.15) is 43.6 Å². The molecule has 67 valence electrons. The van der Waals surface area contributed by atoms with Crippen LogP contribution in [0, 0.1) is 0 Å². The molecule has 13 heavy (non-hydrogen) atoms. The summed E-state index contributed by atoms with van der Waals surface area (Å²) in [5.74, 6) is 0.879. The maximum absolute atomic E-state index is 2.33. The van der Waals surface area contributed by atoms with Crippen molar-refractivity contribution < 1.29 is 0 Å². The molecule has 1 heteroatoms. The fourth-order valence-electron chi connectivity index (χ4n) is 2.27. The van der Waals surface area contributed by atoms with Crippen LogP contribution in [0.4, 0.5) is 0 Å². The molecule has 1 aliphatic carbocycles. The molecule has 1 fully saturated rings. The van der Waals surface area contributed by atoms with Gasteiger partial charge >= 0.3 is 94.0 Å². The Morgan fingerprint density at radius 1 is 1.00 bits per heavy atom. The van der Waals surface area contributed by atoms with Crippen molar-refractivity contribution in [1.29, 1.82) is 0 Å². The summed E-state index contributed by atoms with van der Waals surface area (Å²) in [5.41, 5.74) is 1.64. The Bertz CT molecular complexity index is 274. The van der Waals surface area contributed by atoms with E-state index in [-0.39, 0.29) is 0 Å². The van der Waals surface area contributed by atoms with Crippen molar-refractivity contribution in [3.05, 3.63) is 29.8 Å². The summed E-state index contributed by atoms with van der Waals surface area (Å²) in [5, 5.41) is 0. The standard InChI is InChI=1S/C12H15.Sn/c1-3-7-11(8-4-1)12-9-5-2-6-10-12;/h1,3-4,7,12H,2,5-6,9-10H2;. The Labute approximate surface area is 93.8 Å². The predicted molar refractivity (Wildman–Crippen MR) is 57.7 cm³/mol. The number of hydrogen-bond acceptors (Lipinski definition) is 0. The molecule has 3 radical (unpaired) electrons. The van der Waals surface area contributed by atoms with Crippen LogP contribution in [-0.2, 0) is 0 Å². The third-order valence-electron chi connectivity index (χ3n) is 3.01. The van der Waals surface area contributed by atoms with E-state index in [4.69, 9.17) is 0 Å². The van der Waals surface area contributed by atoms with Crippen molar-refractivity contribution in [2.75, 3.05) is 0 Å². The second kappa shape index (κ2) is 4.49. The van der Waals surface area contributed by atoms with E-state index in [0.717, 1.165) is 5.92 Å². The molecule has 0 aliphatic heterocycles. The van der Waals surface area contributed by atoms with Gasteiger partial charge in [0.25, 0.3) is 0 Å². The second-order valence-electron chi connectivity index (χ2n) is 3.92. The summed E-state index contributed by atoms with van der Waals surface area (Å²) in [6.07, 6.45) is 7.18. The van der Waals surface area contributed by atoms with E-state index in [1.54, 1.807) is 31.7 Å². The first-order valence-corrected chi connectivity index (χ1v) is 6.61. The molecule has 0 bridgehead atoms. The van der Waals surface area contributed by atoms with E-state index in [9.17, 15) is 0 Å². The molecule has 0 spiro atoms. The van der Waals surface area contributed by atoms with Gasteiger partial charge in [-0.2, -0.15) is 0 Å². The van der Waals surface area contributed by atoms with E-state index in [1.165, 1.54) is 32.1 Å². The summed E-state index contributed by atoms with van der Waals surface area (Å²) in [6.45, 7) is 0. The quantitative estimate of drug-likeness (QED) is 0.692. The molecule has 0 heterocycles. The Balaban J connectivity index is 2.18. The van der Waals surface area contributed by atoms with E-state index >= 15 is 0 Å². The van der Waals surface area contributed by atoms with Gasteiger partial charge in [0.2, 0.25) is 0 Å². The monoisotopic (exact) mass is 279 g/mol. The van der Waals surface area contributed by atoms with Gasteiger partial charge in [0.05, 0.1) is 0 Å². The first kappa shape index (κ1) is 9.57. The number of hydrogen-bond donors (Lipinski definition) is 0. The summed E-state index contributed by atoms with van der Waals surface area (Å²) in [6, 6.07) is 8.97. The van der Waals surface area contributed by atoms with Crippen LogP contribution in [0.3, 0.4) is 0 Å². The van der Waals surface area contributed by atoms with Gasteiger partial charge in [-0.15, -0.1) is 0 Å². The Hall–Kier alpha value is 0.0187. The molecule has 0 saturated heterocycles. The molecule has 2 rings (SSSR count). The first-order chi connectivity index (χ1) is 6.38. The number of benzene rings is 1. The van der Waals surface area contributed by atoms with Crippen LogP contribution in [0.15, 0.2) is 24.3 Å². The normalized spacial score (nSPS) is 18.8. The molecule has 1 aliphatic rings.